The first kappa shape index (κ1) is 46.7. The Morgan fingerprint density at radius 3 is 1.36 bits per heavy atom. The molecule has 0 unspecified atom stereocenters. The molecule has 0 fully saturated rings. The molecule has 7 nitrogen and oxygen atoms in total. The summed E-state index contributed by atoms with van der Waals surface area (Å²) in [5.41, 5.74) is 19.7. The third-order valence-electron chi connectivity index (χ3n) is 7.40. The standard InChI is InChI=1S/C14H16N3.2C14H14N2.4CH4/c1-16-10-8-13(9-11-16)12-15-17(2)14-6-4-3-5-7-14;1-16-10-8-13(9-11-16)3-2-12-4-6-14(15)7-5-12;1-16-11-3-2-4-14(16)10-7-12-5-8-13(15)9-6-12;;;;/h3-12H,1-2H3;2*2-11,15H,1H3;4*1H4/q+1;;;;;;/p+2. The Labute approximate surface area is 320 Å². The van der Waals surface area contributed by atoms with Gasteiger partial charge in [-0.1, -0.05) is 84.3 Å². The number of pyridine rings is 3. The molecule has 0 atom stereocenters. The Hall–Kier alpha value is -6.34. The van der Waals surface area contributed by atoms with Crippen LogP contribution in [-0.2, 0) is 21.1 Å². The van der Waals surface area contributed by atoms with Crippen molar-refractivity contribution in [1.82, 2.24) is 0 Å². The van der Waals surface area contributed by atoms with E-state index in [2.05, 4.69) is 52.2 Å². The van der Waals surface area contributed by atoms with Crippen molar-refractivity contribution in [2.24, 2.45) is 26.2 Å². The Balaban J connectivity index is 0.000000738. The molecule has 0 radical (unpaired) electrons. The molecule has 0 bridgehead atoms. The predicted molar refractivity (Wildman–Crippen MR) is 232 cm³/mol. The van der Waals surface area contributed by atoms with Crippen LogP contribution in [0.15, 0.2) is 157 Å². The minimum atomic E-state index is 0. The van der Waals surface area contributed by atoms with E-state index in [9.17, 15) is 0 Å². The molecule has 53 heavy (non-hydrogen) atoms. The SMILES string of the molecule is C.C.C.C.CN(N=Cc1cc[n+](C)cc1)c1ccccc1.C[n+]1ccc(C=Cc2ccc(N)cc2)cc1.C[n+]1ccccc1C=Cc1ccc(N)cc1. The van der Waals surface area contributed by atoms with Crippen molar-refractivity contribution < 1.29 is 13.7 Å². The second kappa shape index (κ2) is 24.7. The average molecular weight is 713 g/mol. The van der Waals surface area contributed by atoms with Gasteiger partial charge in [0.15, 0.2) is 31.0 Å². The number of rotatable bonds is 7. The van der Waals surface area contributed by atoms with Crippen molar-refractivity contribution in [3.05, 3.63) is 180 Å². The van der Waals surface area contributed by atoms with Gasteiger partial charge in [-0.3, -0.25) is 5.01 Å². The molecule has 7 heteroatoms. The number of aryl methyl sites for hydroxylation is 3. The number of aromatic nitrogens is 3. The van der Waals surface area contributed by atoms with Crippen LogP contribution in [0.1, 0.15) is 57.7 Å². The highest BCUT2D eigenvalue weighted by molar-refractivity contribution is 5.79. The molecular formula is C46H62N7+3. The second-order valence-electron chi connectivity index (χ2n) is 11.4. The highest BCUT2D eigenvalue weighted by atomic mass is 15.4. The van der Waals surface area contributed by atoms with Crippen LogP contribution in [-0.4, -0.2) is 13.3 Å². The quantitative estimate of drug-likeness (QED) is 0.0751. The Morgan fingerprint density at radius 1 is 0.472 bits per heavy atom. The molecule has 4 N–H and O–H groups in total. The molecule has 0 aliphatic rings. The van der Waals surface area contributed by atoms with Gasteiger partial charge in [-0.05, 0) is 65.2 Å². The fraction of sp³-hybridized carbons (Fsp3) is 0.174. The van der Waals surface area contributed by atoms with Crippen LogP contribution >= 0.6 is 0 Å². The highest BCUT2D eigenvalue weighted by Gasteiger charge is 1.99. The van der Waals surface area contributed by atoms with Crippen molar-refractivity contribution in [1.29, 1.82) is 0 Å². The van der Waals surface area contributed by atoms with Gasteiger partial charge in [-0.15, -0.1) is 0 Å². The van der Waals surface area contributed by atoms with Crippen molar-refractivity contribution in [2.75, 3.05) is 23.5 Å². The predicted octanol–water partition coefficient (Wildman–Crippen LogP) is 9.05. The van der Waals surface area contributed by atoms with E-state index in [0.717, 1.165) is 33.8 Å². The van der Waals surface area contributed by atoms with E-state index in [1.54, 1.807) is 0 Å². The zero-order valence-corrected chi connectivity index (χ0v) is 28.7. The van der Waals surface area contributed by atoms with Crippen LogP contribution in [0.4, 0.5) is 17.1 Å². The number of anilines is 3. The van der Waals surface area contributed by atoms with Crippen molar-refractivity contribution in [3.63, 3.8) is 0 Å². The minimum absolute atomic E-state index is 0. The van der Waals surface area contributed by atoms with Gasteiger partial charge >= 0.3 is 0 Å². The van der Waals surface area contributed by atoms with Crippen molar-refractivity contribution in [2.45, 2.75) is 29.7 Å². The maximum atomic E-state index is 5.63. The van der Waals surface area contributed by atoms with Gasteiger partial charge in [-0.2, -0.15) is 5.10 Å². The van der Waals surface area contributed by atoms with Gasteiger partial charge in [0.05, 0.1) is 11.9 Å². The van der Waals surface area contributed by atoms with E-state index in [1.807, 2.05) is 183 Å². The molecular weight excluding hydrogens is 651 g/mol. The summed E-state index contributed by atoms with van der Waals surface area (Å²) in [7, 11) is 7.97. The zero-order valence-electron chi connectivity index (χ0n) is 28.7. The third kappa shape index (κ3) is 16.9. The summed E-state index contributed by atoms with van der Waals surface area (Å²) in [5.74, 6) is 0. The average Bonchev–Trinajstić information content (AvgIpc) is 3.13. The maximum absolute atomic E-state index is 5.63. The molecule has 0 saturated carbocycles. The van der Waals surface area contributed by atoms with E-state index >= 15 is 0 Å². The Kier molecular flexibility index (Phi) is 21.8. The summed E-state index contributed by atoms with van der Waals surface area (Å²) in [5, 5.41) is 6.25. The van der Waals surface area contributed by atoms with Crippen LogP contribution in [0.2, 0.25) is 0 Å². The smallest absolute Gasteiger partial charge is 0.204 e. The molecule has 0 amide bonds. The summed E-state index contributed by atoms with van der Waals surface area (Å²) in [6.45, 7) is 0. The van der Waals surface area contributed by atoms with Crippen LogP contribution in [0, 0.1) is 0 Å². The van der Waals surface area contributed by atoms with Crippen molar-refractivity contribution in [3.8, 4) is 0 Å². The fourth-order valence-electron chi connectivity index (χ4n) is 4.38. The molecule has 0 saturated heterocycles. The number of hydrogen-bond donors (Lipinski definition) is 2. The normalized spacial score (nSPS) is 9.96. The summed E-state index contributed by atoms with van der Waals surface area (Å²) in [6.07, 6.45) is 20.3. The van der Waals surface area contributed by atoms with E-state index in [-0.39, 0.29) is 29.7 Å². The van der Waals surface area contributed by atoms with Crippen molar-refractivity contribution >= 4 is 47.6 Å². The second-order valence-corrected chi connectivity index (χ2v) is 11.4. The van der Waals surface area contributed by atoms with Gasteiger partial charge in [-0.25, -0.2) is 13.7 Å². The van der Waals surface area contributed by atoms with Gasteiger partial charge in [0, 0.05) is 66.5 Å². The number of nitrogens with zero attached hydrogens (tertiary/aromatic N) is 5. The molecule has 3 aromatic heterocycles. The Morgan fingerprint density at radius 2 is 0.887 bits per heavy atom. The first-order chi connectivity index (χ1) is 23.7. The zero-order chi connectivity index (χ0) is 34.8. The van der Waals surface area contributed by atoms with E-state index < -0.39 is 0 Å². The molecule has 3 heterocycles. The van der Waals surface area contributed by atoms with Crippen LogP contribution < -0.4 is 30.2 Å². The summed E-state index contributed by atoms with van der Waals surface area (Å²) >= 11 is 0. The Bertz CT molecular complexity index is 1880. The summed E-state index contributed by atoms with van der Waals surface area (Å²) in [6, 6.07) is 40.1. The number of para-hydroxylation sites is 1. The summed E-state index contributed by atoms with van der Waals surface area (Å²) in [4.78, 5) is 0. The molecule has 6 rings (SSSR count). The lowest BCUT2D eigenvalue weighted by molar-refractivity contribution is -0.673. The topological polar surface area (TPSA) is 79.3 Å². The third-order valence-corrected chi connectivity index (χ3v) is 7.40. The first-order valence-electron chi connectivity index (χ1n) is 16.0. The first-order valence-corrected chi connectivity index (χ1v) is 16.0. The fourth-order valence-corrected chi connectivity index (χ4v) is 4.38. The van der Waals surface area contributed by atoms with Gasteiger partial charge < -0.3 is 11.5 Å². The van der Waals surface area contributed by atoms with E-state index in [4.69, 9.17) is 11.5 Å². The van der Waals surface area contributed by atoms with E-state index in [0.29, 0.717) is 0 Å². The summed E-state index contributed by atoms with van der Waals surface area (Å²) < 4.78 is 6.09. The monoisotopic (exact) mass is 713 g/mol. The van der Waals surface area contributed by atoms with Crippen LogP contribution in [0.5, 0.6) is 0 Å². The molecule has 0 aliphatic heterocycles. The van der Waals surface area contributed by atoms with Crippen LogP contribution in [0.3, 0.4) is 0 Å². The lowest BCUT2D eigenvalue weighted by Gasteiger charge is -2.11. The van der Waals surface area contributed by atoms with E-state index in [1.165, 1.54) is 11.3 Å². The molecule has 0 spiro atoms. The van der Waals surface area contributed by atoms with Gasteiger partial charge in [0.1, 0.15) is 21.1 Å². The number of nitrogen functional groups attached to an aromatic ring is 2. The highest BCUT2D eigenvalue weighted by Crippen LogP contribution is 2.12. The number of hydrogen-bond acceptors (Lipinski definition) is 4. The van der Waals surface area contributed by atoms with Gasteiger partial charge in [0.2, 0.25) is 5.69 Å². The number of benzene rings is 3. The lowest BCUT2D eigenvalue weighted by atomic mass is 10.1. The largest absolute Gasteiger partial charge is 0.399 e. The molecule has 0 aliphatic carbocycles. The number of hydrazone groups is 1. The minimum Gasteiger partial charge on any atom is -0.399 e. The van der Waals surface area contributed by atoms with Gasteiger partial charge in [0.25, 0.3) is 0 Å². The molecule has 6 aromatic rings. The molecule has 278 valence electrons. The number of nitrogens with two attached hydrogens (primary N) is 2. The maximum Gasteiger partial charge on any atom is 0.204 e. The molecule has 3 aromatic carbocycles. The lowest BCUT2D eigenvalue weighted by Crippen LogP contribution is -2.30. The van der Waals surface area contributed by atoms with Crippen LogP contribution in [0.25, 0.3) is 24.3 Å².